The van der Waals surface area contributed by atoms with Gasteiger partial charge in [0.2, 0.25) is 5.88 Å². The van der Waals surface area contributed by atoms with Gasteiger partial charge in [0.15, 0.2) is 5.65 Å². The molecule has 0 unspecified atom stereocenters. The number of hydrogen-bond acceptors (Lipinski definition) is 5. The average Bonchev–Trinajstić information content (AvgIpc) is 2.83. The number of H-pyrrole nitrogens is 1. The molecule has 2 heterocycles. The summed E-state index contributed by atoms with van der Waals surface area (Å²) in [7, 11) is 0. The first-order valence-electron chi connectivity index (χ1n) is 6.49. The molecule has 2 aromatic heterocycles. The van der Waals surface area contributed by atoms with E-state index in [-0.39, 0.29) is 5.69 Å². The van der Waals surface area contributed by atoms with Crippen molar-refractivity contribution in [2.75, 3.05) is 0 Å². The second kappa shape index (κ2) is 5.02. The van der Waals surface area contributed by atoms with E-state index in [2.05, 4.69) is 15.2 Å². The SMILES string of the molecule is Cc1cc(CN)cc(C)c1Oc1cc2n[nH]c(=O)n2cn1. The maximum Gasteiger partial charge on any atom is 0.348 e. The highest BCUT2D eigenvalue weighted by Gasteiger charge is 2.10. The van der Waals surface area contributed by atoms with Gasteiger partial charge in [-0.1, -0.05) is 12.1 Å². The van der Waals surface area contributed by atoms with Crippen LogP contribution in [0, 0.1) is 13.8 Å². The Morgan fingerprint density at radius 2 is 2.00 bits per heavy atom. The molecule has 0 aliphatic heterocycles. The van der Waals surface area contributed by atoms with Gasteiger partial charge in [-0.25, -0.2) is 19.3 Å². The van der Waals surface area contributed by atoms with E-state index in [9.17, 15) is 4.79 Å². The van der Waals surface area contributed by atoms with Crippen molar-refractivity contribution in [1.29, 1.82) is 0 Å². The van der Waals surface area contributed by atoms with Crippen LogP contribution in [0.1, 0.15) is 16.7 Å². The van der Waals surface area contributed by atoms with E-state index in [1.165, 1.54) is 10.7 Å². The van der Waals surface area contributed by atoms with Crippen molar-refractivity contribution in [3.8, 4) is 11.6 Å². The summed E-state index contributed by atoms with van der Waals surface area (Å²) in [5.74, 6) is 1.12. The smallest absolute Gasteiger partial charge is 0.348 e. The minimum absolute atomic E-state index is 0.330. The standard InChI is InChI=1S/C14H15N5O2/c1-8-3-10(6-15)4-9(2)13(8)21-12-5-11-17-18-14(20)19(11)7-16-12/h3-5,7H,6,15H2,1-2H3,(H,18,20). The van der Waals surface area contributed by atoms with Crippen LogP contribution >= 0.6 is 0 Å². The van der Waals surface area contributed by atoms with Crippen molar-refractivity contribution in [2.24, 2.45) is 5.73 Å². The van der Waals surface area contributed by atoms with Crippen LogP contribution in [0.2, 0.25) is 0 Å². The van der Waals surface area contributed by atoms with Gasteiger partial charge in [-0.05, 0) is 30.5 Å². The summed E-state index contributed by atoms with van der Waals surface area (Å²) in [6, 6.07) is 5.58. The summed E-state index contributed by atoms with van der Waals surface area (Å²) in [5.41, 5.74) is 8.81. The van der Waals surface area contributed by atoms with Crippen LogP contribution in [-0.2, 0) is 6.54 Å². The van der Waals surface area contributed by atoms with Crippen LogP contribution in [0.5, 0.6) is 11.6 Å². The molecular formula is C14H15N5O2. The molecule has 3 aromatic rings. The zero-order valence-corrected chi connectivity index (χ0v) is 11.8. The molecule has 0 bridgehead atoms. The largest absolute Gasteiger partial charge is 0.438 e. The van der Waals surface area contributed by atoms with Gasteiger partial charge in [0.25, 0.3) is 0 Å². The Labute approximate surface area is 120 Å². The molecule has 0 radical (unpaired) electrons. The quantitative estimate of drug-likeness (QED) is 0.755. The monoisotopic (exact) mass is 285 g/mol. The molecule has 0 saturated heterocycles. The van der Waals surface area contributed by atoms with Gasteiger partial charge in [-0.3, -0.25) is 0 Å². The third-order valence-electron chi connectivity index (χ3n) is 3.25. The Bertz CT molecular complexity index is 842. The van der Waals surface area contributed by atoms with Gasteiger partial charge in [0, 0.05) is 12.6 Å². The Balaban J connectivity index is 2.00. The molecule has 0 saturated carbocycles. The summed E-state index contributed by atoms with van der Waals surface area (Å²) in [6.45, 7) is 4.40. The molecule has 0 fully saturated rings. The fourth-order valence-electron chi connectivity index (χ4n) is 2.27. The number of hydrogen-bond donors (Lipinski definition) is 2. The van der Waals surface area contributed by atoms with Crippen LogP contribution < -0.4 is 16.2 Å². The fourth-order valence-corrected chi connectivity index (χ4v) is 2.27. The van der Waals surface area contributed by atoms with Gasteiger partial charge >= 0.3 is 5.69 Å². The van der Waals surface area contributed by atoms with Crippen LogP contribution in [0.4, 0.5) is 0 Å². The summed E-state index contributed by atoms with van der Waals surface area (Å²) < 4.78 is 7.15. The first-order chi connectivity index (χ1) is 10.1. The summed E-state index contributed by atoms with van der Waals surface area (Å²) in [6.07, 6.45) is 1.38. The molecule has 3 rings (SSSR count). The lowest BCUT2D eigenvalue weighted by Crippen LogP contribution is -2.09. The Kier molecular flexibility index (Phi) is 3.19. The van der Waals surface area contributed by atoms with Gasteiger partial charge < -0.3 is 10.5 Å². The summed E-state index contributed by atoms with van der Waals surface area (Å²) >= 11 is 0. The van der Waals surface area contributed by atoms with E-state index in [4.69, 9.17) is 10.5 Å². The molecule has 0 amide bonds. The normalized spacial score (nSPS) is 11.0. The number of aromatic nitrogens is 4. The molecular weight excluding hydrogens is 270 g/mol. The predicted molar refractivity (Wildman–Crippen MR) is 77.5 cm³/mol. The van der Waals surface area contributed by atoms with E-state index >= 15 is 0 Å². The third-order valence-corrected chi connectivity index (χ3v) is 3.25. The van der Waals surface area contributed by atoms with Crippen molar-refractivity contribution in [1.82, 2.24) is 19.6 Å². The van der Waals surface area contributed by atoms with Gasteiger partial charge in [0.1, 0.15) is 12.1 Å². The highest BCUT2D eigenvalue weighted by molar-refractivity contribution is 5.47. The van der Waals surface area contributed by atoms with Crippen LogP contribution in [-0.4, -0.2) is 19.6 Å². The van der Waals surface area contributed by atoms with Crippen LogP contribution in [0.25, 0.3) is 5.65 Å². The lowest BCUT2D eigenvalue weighted by atomic mass is 10.1. The number of nitrogens with zero attached hydrogens (tertiary/aromatic N) is 3. The van der Waals surface area contributed by atoms with E-state index in [0.717, 1.165) is 22.4 Å². The highest BCUT2D eigenvalue weighted by Crippen LogP contribution is 2.29. The number of aryl methyl sites for hydroxylation is 2. The zero-order valence-electron chi connectivity index (χ0n) is 11.8. The van der Waals surface area contributed by atoms with Crippen molar-refractivity contribution >= 4 is 5.65 Å². The predicted octanol–water partition coefficient (Wildman–Crippen LogP) is 1.29. The average molecular weight is 285 g/mol. The molecule has 1 aromatic carbocycles. The molecule has 0 atom stereocenters. The number of fused-ring (bicyclic) bond motifs is 1. The van der Waals surface area contributed by atoms with E-state index in [1.807, 2.05) is 26.0 Å². The maximum atomic E-state index is 11.4. The van der Waals surface area contributed by atoms with Crippen molar-refractivity contribution in [3.05, 3.63) is 51.7 Å². The van der Waals surface area contributed by atoms with E-state index in [1.54, 1.807) is 6.07 Å². The Morgan fingerprint density at radius 1 is 1.29 bits per heavy atom. The van der Waals surface area contributed by atoms with Crippen LogP contribution in [0.15, 0.2) is 29.3 Å². The zero-order chi connectivity index (χ0) is 15.0. The first-order valence-corrected chi connectivity index (χ1v) is 6.49. The maximum absolute atomic E-state index is 11.4. The molecule has 7 heteroatoms. The lowest BCUT2D eigenvalue weighted by Gasteiger charge is -2.12. The topological polar surface area (TPSA) is 98.3 Å². The molecule has 21 heavy (non-hydrogen) atoms. The number of nitrogens with two attached hydrogens (primary N) is 1. The number of rotatable bonds is 3. The summed E-state index contributed by atoms with van der Waals surface area (Å²) in [5, 5.41) is 6.24. The molecule has 0 aliphatic rings. The van der Waals surface area contributed by atoms with E-state index < -0.39 is 0 Å². The fraction of sp³-hybridized carbons (Fsp3) is 0.214. The van der Waals surface area contributed by atoms with Crippen molar-refractivity contribution in [3.63, 3.8) is 0 Å². The molecule has 7 nitrogen and oxygen atoms in total. The molecule has 3 N–H and O–H groups in total. The van der Waals surface area contributed by atoms with Gasteiger partial charge in [0.05, 0.1) is 0 Å². The van der Waals surface area contributed by atoms with E-state index in [0.29, 0.717) is 18.1 Å². The summed E-state index contributed by atoms with van der Waals surface area (Å²) in [4.78, 5) is 15.5. The number of nitrogens with one attached hydrogen (secondary N) is 1. The highest BCUT2D eigenvalue weighted by atomic mass is 16.5. The number of benzene rings is 1. The number of ether oxygens (including phenoxy) is 1. The van der Waals surface area contributed by atoms with Gasteiger partial charge in [-0.15, -0.1) is 0 Å². The van der Waals surface area contributed by atoms with Gasteiger partial charge in [-0.2, -0.15) is 5.10 Å². The number of aromatic amines is 1. The van der Waals surface area contributed by atoms with Crippen molar-refractivity contribution in [2.45, 2.75) is 20.4 Å². The second-order valence-corrected chi connectivity index (χ2v) is 4.85. The molecule has 108 valence electrons. The minimum Gasteiger partial charge on any atom is -0.438 e. The molecule has 0 aliphatic carbocycles. The lowest BCUT2D eigenvalue weighted by molar-refractivity contribution is 0.454. The Morgan fingerprint density at radius 3 is 2.67 bits per heavy atom. The molecule has 0 spiro atoms. The minimum atomic E-state index is -0.330. The Hall–Kier alpha value is -2.67. The van der Waals surface area contributed by atoms with Crippen LogP contribution in [0.3, 0.4) is 0 Å². The first kappa shape index (κ1) is 13.3. The third kappa shape index (κ3) is 2.38. The van der Waals surface area contributed by atoms with Crippen molar-refractivity contribution < 1.29 is 4.74 Å². The second-order valence-electron chi connectivity index (χ2n) is 4.85.